The van der Waals surface area contributed by atoms with Gasteiger partial charge in [0.1, 0.15) is 5.82 Å². The second kappa shape index (κ2) is 9.75. The topological polar surface area (TPSA) is 50.9 Å². The van der Waals surface area contributed by atoms with Crippen molar-refractivity contribution < 1.29 is 0 Å². The maximum Gasteiger partial charge on any atom is 0.146 e. The summed E-state index contributed by atoms with van der Waals surface area (Å²) in [6.07, 6.45) is 12.5. The quantitative estimate of drug-likeness (QED) is 0.610. The van der Waals surface area contributed by atoms with Crippen molar-refractivity contribution in [3.63, 3.8) is 0 Å². The molecule has 0 radical (unpaired) electrons. The normalized spacial score (nSPS) is 10.5. The van der Waals surface area contributed by atoms with E-state index in [1.165, 1.54) is 51.4 Å². The zero-order chi connectivity index (χ0) is 13.1. The van der Waals surface area contributed by atoms with Gasteiger partial charge in [0.15, 0.2) is 0 Å². The molecule has 0 fully saturated rings. The fourth-order valence-electron chi connectivity index (χ4n) is 2.05. The molecule has 102 valence electrons. The molecule has 0 aromatic carbocycles. The fraction of sp³-hybridized carbons (Fsp3) is 0.667. The molecule has 0 aliphatic rings. The van der Waals surface area contributed by atoms with Crippen molar-refractivity contribution in [2.75, 3.05) is 17.6 Å². The lowest BCUT2D eigenvalue weighted by Crippen LogP contribution is -2.05. The number of pyridine rings is 1. The monoisotopic (exact) mass is 249 g/mol. The van der Waals surface area contributed by atoms with Gasteiger partial charge in [0.25, 0.3) is 0 Å². The SMILES string of the molecule is CCCCCCCCCCNc1cccnc1N. The number of nitrogens with one attached hydrogen (secondary N) is 1. The number of anilines is 2. The lowest BCUT2D eigenvalue weighted by atomic mass is 10.1. The zero-order valence-corrected chi connectivity index (χ0v) is 11.6. The van der Waals surface area contributed by atoms with E-state index in [0.29, 0.717) is 5.82 Å². The minimum Gasteiger partial charge on any atom is -0.382 e. The Morgan fingerprint density at radius 3 is 2.39 bits per heavy atom. The van der Waals surface area contributed by atoms with Gasteiger partial charge in [-0.3, -0.25) is 0 Å². The third-order valence-corrected chi connectivity index (χ3v) is 3.18. The van der Waals surface area contributed by atoms with Gasteiger partial charge in [-0.2, -0.15) is 0 Å². The van der Waals surface area contributed by atoms with E-state index in [9.17, 15) is 0 Å². The van der Waals surface area contributed by atoms with Crippen LogP contribution in [-0.2, 0) is 0 Å². The molecule has 0 bridgehead atoms. The average molecular weight is 249 g/mol. The van der Waals surface area contributed by atoms with Crippen molar-refractivity contribution in [3.05, 3.63) is 18.3 Å². The van der Waals surface area contributed by atoms with Gasteiger partial charge in [0.05, 0.1) is 5.69 Å². The predicted octanol–water partition coefficient (Wildman–Crippen LogP) is 4.22. The van der Waals surface area contributed by atoms with Crippen LogP contribution in [0.1, 0.15) is 58.3 Å². The molecule has 0 aliphatic heterocycles. The van der Waals surface area contributed by atoms with Gasteiger partial charge < -0.3 is 11.1 Å². The molecule has 3 N–H and O–H groups in total. The molecule has 1 aromatic rings. The molecule has 1 heterocycles. The number of aromatic nitrogens is 1. The minimum atomic E-state index is 0.595. The number of hydrogen-bond acceptors (Lipinski definition) is 3. The van der Waals surface area contributed by atoms with Crippen LogP contribution in [0.5, 0.6) is 0 Å². The summed E-state index contributed by atoms with van der Waals surface area (Å²) in [7, 11) is 0. The van der Waals surface area contributed by atoms with Gasteiger partial charge >= 0.3 is 0 Å². The van der Waals surface area contributed by atoms with E-state index in [2.05, 4.69) is 17.2 Å². The first-order chi connectivity index (χ1) is 8.84. The predicted molar refractivity (Wildman–Crippen MR) is 79.7 cm³/mol. The average Bonchev–Trinajstić information content (AvgIpc) is 2.39. The Morgan fingerprint density at radius 1 is 1.06 bits per heavy atom. The standard InChI is InChI=1S/C15H27N3/c1-2-3-4-5-6-7-8-9-12-17-14-11-10-13-18-15(14)16/h10-11,13,17H,2-9,12H2,1H3,(H2,16,18). The van der Waals surface area contributed by atoms with Crippen LogP contribution in [0.3, 0.4) is 0 Å². The van der Waals surface area contributed by atoms with Crippen LogP contribution >= 0.6 is 0 Å². The van der Waals surface area contributed by atoms with Crippen molar-refractivity contribution in [2.24, 2.45) is 0 Å². The summed E-state index contributed by atoms with van der Waals surface area (Å²) in [5.41, 5.74) is 6.71. The Hall–Kier alpha value is -1.25. The van der Waals surface area contributed by atoms with E-state index in [1.54, 1.807) is 6.20 Å². The van der Waals surface area contributed by atoms with Gasteiger partial charge in [-0.05, 0) is 18.6 Å². The molecule has 0 saturated heterocycles. The van der Waals surface area contributed by atoms with Crippen molar-refractivity contribution in [3.8, 4) is 0 Å². The van der Waals surface area contributed by atoms with Gasteiger partial charge in [0.2, 0.25) is 0 Å². The first-order valence-corrected chi connectivity index (χ1v) is 7.29. The summed E-state index contributed by atoms with van der Waals surface area (Å²) in [6, 6.07) is 3.89. The molecule has 0 aliphatic carbocycles. The van der Waals surface area contributed by atoms with Gasteiger partial charge in [-0.25, -0.2) is 4.98 Å². The lowest BCUT2D eigenvalue weighted by Gasteiger charge is -2.07. The van der Waals surface area contributed by atoms with Crippen LogP contribution in [-0.4, -0.2) is 11.5 Å². The molecule has 0 atom stereocenters. The lowest BCUT2D eigenvalue weighted by molar-refractivity contribution is 0.581. The molecule has 1 rings (SSSR count). The molecule has 18 heavy (non-hydrogen) atoms. The number of hydrogen-bond donors (Lipinski definition) is 2. The van der Waals surface area contributed by atoms with Crippen LogP contribution in [0.25, 0.3) is 0 Å². The third-order valence-electron chi connectivity index (χ3n) is 3.18. The maximum atomic E-state index is 5.76. The molecule has 1 aromatic heterocycles. The summed E-state index contributed by atoms with van der Waals surface area (Å²) in [5, 5.41) is 3.34. The Kier molecular flexibility index (Phi) is 8.02. The van der Waals surface area contributed by atoms with Gasteiger partial charge in [0, 0.05) is 12.7 Å². The molecular weight excluding hydrogens is 222 g/mol. The summed E-state index contributed by atoms with van der Waals surface area (Å²) < 4.78 is 0. The molecular formula is C15H27N3. The summed E-state index contributed by atoms with van der Waals surface area (Å²) in [4.78, 5) is 4.05. The van der Waals surface area contributed by atoms with Crippen LogP contribution in [0.15, 0.2) is 18.3 Å². The van der Waals surface area contributed by atoms with Crippen molar-refractivity contribution in [2.45, 2.75) is 58.3 Å². The molecule has 3 nitrogen and oxygen atoms in total. The molecule has 0 spiro atoms. The first kappa shape index (κ1) is 14.8. The molecule has 0 saturated carbocycles. The number of nitrogens with two attached hydrogens (primary N) is 1. The van der Waals surface area contributed by atoms with Crippen LogP contribution in [0.4, 0.5) is 11.5 Å². The Morgan fingerprint density at radius 2 is 1.72 bits per heavy atom. The second-order valence-corrected chi connectivity index (χ2v) is 4.84. The highest BCUT2D eigenvalue weighted by atomic mass is 14.9. The van der Waals surface area contributed by atoms with E-state index in [0.717, 1.165) is 12.2 Å². The highest BCUT2D eigenvalue weighted by Gasteiger charge is 1.97. The molecule has 0 unspecified atom stereocenters. The van der Waals surface area contributed by atoms with Gasteiger partial charge in [-0.15, -0.1) is 0 Å². The highest BCUT2D eigenvalue weighted by molar-refractivity contribution is 5.60. The smallest absolute Gasteiger partial charge is 0.146 e. The van der Waals surface area contributed by atoms with E-state index in [1.807, 2.05) is 12.1 Å². The number of nitrogen functional groups attached to an aromatic ring is 1. The van der Waals surface area contributed by atoms with Crippen molar-refractivity contribution in [1.82, 2.24) is 4.98 Å². The number of rotatable bonds is 10. The molecule has 3 heteroatoms. The zero-order valence-electron chi connectivity index (χ0n) is 11.6. The van der Waals surface area contributed by atoms with E-state index in [4.69, 9.17) is 5.73 Å². The van der Waals surface area contributed by atoms with E-state index in [-0.39, 0.29) is 0 Å². The van der Waals surface area contributed by atoms with Gasteiger partial charge in [-0.1, -0.05) is 51.9 Å². The Bertz CT molecular complexity index is 312. The second-order valence-electron chi connectivity index (χ2n) is 4.84. The summed E-state index contributed by atoms with van der Waals surface area (Å²) >= 11 is 0. The minimum absolute atomic E-state index is 0.595. The van der Waals surface area contributed by atoms with Crippen LogP contribution < -0.4 is 11.1 Å². The number of unbranched alkanes of at least 4 members (excludes halogenated alkanes) is 7. The Balaban J connectivity index is 1.94. The first-order valence-electron chi connectivity index (χ1n) is 7.29. The van der Waals surface area contributed by atoms with E-state index < -0.39 is 0 Å². The summed E-state index contributed by atoms with van der Waals surface area (Å²) in [5.74, 6) is 0.595. The van der Waals surface area contributed by atoms with Crippen molar-refractivity contribution >= 4 is 11.5 Å². The summed E-state index contributed by atoms with van der Waals surface area (Å²) in [6.45, 7) is 3.25. The fourth-order valence-corrected chi connectivity index (χ4v) is 2.05. The third kappa shape index (κ3) is 6.48. The Labute approximate surface area is 111 Å². The highest BCUT2D eigenvalue weighted by Crippen LogP contribution is 2.14. The van der Waals surface area contributed by atoms with Crippen LogP contribution in [0, 0.1) is 0 Å². The van der Waals surface area contributed by atoms with E-state index >= 15 is 0 Å². The maximum absolute atomic E-state index is 5.76. The largest absolute Gasteiger partial charge is 0.382 e. The molecule has 0 amide bonds. The number of nitrogens with zero attached hydrogens (tertiary/aromatic N) is 1. The van der Waals surface area contributed by atoms with Crippen molar-refractivity contribution in [1.29, 1.82) is 0 Å². The van der Waals surface area contributed by atoms with Crippen LogP contribution in [0.2, 0.25) is 0 Å².